The lowest BCUT2D eigenvalue weighted by Gasteiger charge is -2.14. The van der Waals surface area contributed by atoms with Crippen molar-refractivity contribution < 1.29 is 8.78 Å². The molecular weight excluding hydrogens is 232 g/mol. The van der Waals surface area contributed by atoms with Crippen LogP contribution in [0, 0.1) is 18.6 Å². The molecule has 1 nitrogen and oxygen atoms in total. The highest BCUT2D eigenvalue weighted by molar-refractivity contribution is 5.69. The molecule has 0 aromatic heterocycles. The molecule has 2 aromatic rings. The lowest BCUT2D eigenvalue weighted by Crippen LogP contribution is -2.07. The summed E-state index contributed by atoms with van der Waals surface area (Å²) in [6.45, 7) is 3.36. The first-order valence-electron chi connectivity index (χ1n) is 5.81. The third kappa shape index (κ3) is 2.27. The molecule has 0 aliphatic rings. The standard InChI is InChI=1S/C15H15F2N/c1-9-7-15(17)13(8-14(9)16)12-6-4-3-5-11(12)10(2)18/h3-8,10H,18H2,1-2H3. The molecule has 0 amide bonds. The van der Waals surface area contributed by atoms with Crippen LogP contribution < -0.4 is 5.73 Å². The summed E-state index contributed by atoms with van der Waals surface area (Å²) in [6, 6.07) is 9.42. The van der Waals surface area contributed by atoms with E-state index in [1.807, 2.05) is 19.1 Å². The fourth-order valence-corrected chi connectivity index (χ4v) is 1.99. The van der Waals surface area contributed by atoms with Gasteiger partial charge in [-0.05, 0) is 42.7 Å². The molecule has 94 valence electrons. The minimum atomic E-state index is -0.429. The number of hydrogen-bond acceptors (Lipinski definition) is 1. The van der Waals surface area contributed by atoms with Gasteiger partial charge in [-0.2, -0.15) is 0 Å². The summed E-state index contributed by atoms with van der Waals surface area (Å²) in [7, 11) is 0. The molecule has 0 aliphatic heterocycles. The van der Waals surface area contributed by atoms with Crippen molar-refractivity contribution in [3.8, 4) is 11.1 Å². The number of halogens is 2. The predicted molar refractivity (Wildman–Crippen MR) is 69.1 cm³/mol. The highest BCUT2D eigenvalue weighted by Crippen LogP contribution is 2.30. The molecule has 0 bridgehead atoms. The Morgan fingerprint density at radius 2 is 1.67 bits per heavy atom. The molecule has 0 radical (unpaired) electrons. The lowest BCUT2D eigenvalue weighted by atomic mass is 9.95. The van der Waals surface area contributed by atoms with Gasteiger partial charge in [-0.3, -0.25) is 0 Å². The van der Waals surface area contributed by atoms with Gasteiger partial charge in [0.1, 0.15) is 11.6 Å². The van der Waals surface area contributed by atoms with E-state index in [9.17, 15) is 8.78 Å². The van der Waals surface area contributed by atoms with Crippen LogP contribution in [0.3, 0.4) is 0 Å². The second-order valence-electron chi connectivity index (χ2n) is 4.46. The molecule has 0 saturated carbocycles. The first-order chi connectivity index (χ1) is 8.50. The summed E-state index contributed by atoms with van der Waals surface area (Å²) in [5.41, 5.74) is 7.86. The SMILES string of the molecule is Cc1cc(F)c(-c2ccccc2C(C)N)cc1F. The van der Waals surface area contributed by atoms with E-state index in [0.717, 1.165) is 5.56 Å². The van der Waals surface area contributed by atoms with Gasteiger partial charge in [0.05, 0.1) is 0 Å². The van der Waals surface area contributed by atoms with Crippen molar-refractivity contribution in [2.24, 2.45) is 5.73 Å². The van der Waals surface area contributed by atoms with Gasteiger partial charge in [-0.15, -0.1) is 0 Å². The van der Waals surface area contributed by atoms with E-state index >= 15 is 0 Å². The molecule has 2 aromatic carbocycles. The maximum atomic E-state index is 14.0. The van der Waals surface area contributed by atoms with Gasteiger partial charge in [-0.1, -0.05) is 24.3 Å². The van der Waals surface area contributed by atoms with Crippen molar-refractivity contribution in [1.82, 2.24) is 0 Å². The molecule has 2 rings (SSSR count). The van der Waals surface area contributed by atoms with E-state index in [2.05, 4.69) is 0 Å². The van der Waals surface area contributed by atoms with Crippen molar-refractivity contribution in [3.05, 3.63) is 59.2 Å². The minimum Gasteiger partial charge on any atom is -0.324 e. The van der Waals surface area contributed by atoms with Crippen LogP contribution in [0.5, 0.6) is 0 Å². The summed E-state index contributed by atoms with van der Waals surface area (Å²) in [4.78, 5) is 0. The van der Waals surface area contributed by atoms with Crippen LogP contribution in [0.25, 0.3) is 11.1 Å². The Bertz CT molecular complexity index is 577. The van der Waals surface area contributed by atoms with E-state index < -0.39 is 11.6 Å². The molecule has 0 fully saturated rings. The third-order valence-corrected chi connectivity index (χ3v) is 2.99. The Hall–Kier alpha value is -1.74. The van der Waals surface area contributed by atoms with Crippen LogP contribution in [0.1, 0.15) is 24.1 Å². The van der Waals surface area contributed by atoms with Gasteiger partial charge in [0.25, 0.3) is 0 Å². The topological polar surface area (TPSA) is 26.0 Å². The van der Waals surface area contributed by atoms with Crippen molar-refractivity contribution in [3.63, 3.8) is 0 Å². The van der Waals surface area contributed by atoms with E-state index in [0.29, 0.717) is 11.1 Å². The lowest BCUT2D eigenvalue weighted by molar-refractivity contribution is 0.595. The fourth-order valence-electron chi connectivity index (χ4n) is 1.99. The quantitative estimate of drug-likeness (QED) is 0.854. The van der Waals surface area contributed by atoms with Gasteiger partial charge in [0, 0.05) is 11.6 Å². The Kier molecular flexibility index (Phi) is 3.43. The molecule has 0 heterocycles. The van der Waals surface area contributed by atoms with Crippen LogP contribution in [0.15, 0.2) is 36.4 Å². The largest absolute Gasteiger partial charge is 0.324 e. The molecule has 2 N–H and O–H groups in total. The van der Waals surface area contributed by atoms with Crippen LogP contribution in [-0.4, -0.2) is 0 Å². The van der Waals surface area contributed by atoms with Gasteiger partial charge < -0.3 is 5.73 Å². The maximum Gasteiger partial charge on any atom is 0.131 e. The van der Waals surface area contributed by atoms with Crippen molar-refractivity contribution in [2.45, 2.75) is 19.9 Å². The monoisotopic (exact) mass is 247 g/mol. The van der Waals surface area contributed by atoms with E-state index in [-0.39, 0.29) is 11.6 Å². The molecule has 18 heavy (non-hydrogen) atoms. The summed E-state index contributed by atoms with van der Waals surface area (Å²) in [6.07, 6.45) is 0. The fraction of sp³-hybridized carbons (Fsp3) is 0.200. The van der Waals surface area contributed by atoms with Crippen LogP contribution >= 0.6 is 0 Å². The van der Waals surface area contributed by atoms with Crippen molar-refractivity contribution in [2.75, 3.05) is 0 Å². The third-order valence-electron chi connectivity index (χ3n) is 2.99. The first kappa shape index (κ1) is 12.7. The van der Waals surface area contributed by atoms with Crippen LogP contribution in [-0.2, 0) is 0 Å². The normalized spacial score (nSPS) is 12.5. The molecule has 0 spiro atoms. The number of hydrogen-bond donors (Lipinski definition) is 1. The predicted octanol–water partition coefficient (Wildman–Crippen LogP) is 3.96. The molecule has 0 saturated heterocycles. The number of aryl methyl sites for hydroxylation is 1. The number of benzene rings is 2. The Morgan fingerprint density at radius 1 is 1.00 bits per heavy atom. The second kappa shape index (κ2) is 4.86. The Balaban J connectivity index is 2.66. The average molecular weight is 247 g/mol. The number of nitrogens with two attached hydrogens (primary N) is 1. The highest BCUT2D eigenvalue weighted by atomic mass is 19.1. The molecule has 3 heteroatoms. The first-order valence-corrected chi connectivity index (χ1v) is 5.81. The summed E-state index contributed by atoms with van der Waals surface area (Å²) in [5, 5.41) is 0. The van der Waals surface area contributed by atoms with Gasteiger partial charge in [0.2, 0.25) is 0 Å². The molecule has 1 atom stereocenters. The van der Waals surface area contributed by atoms with Crippen molar-refractivity contribution in [1.29, 1.82) is 0 Å². The maximum absolute atomic E-state index is 14.0. The second-order valence-corrected chi connectivity index (χ2v) is 4.46. The summed E-state index contributed by atoms with van der Waals surface area (Å²) < 4.78 is 27.5. The Labute approximate surface area is 105 Å². The van der Waals surface area contributed by atoms with E-state index in [4.69, 9.17) is 5.73 Å². The smallest absolute Gasteiger partial charge is 0.131 e. The van der Waals surface area contributed by atoms with E-state index in [1.165, 1.54) is 12.1 Å². The van der Waals surface area contributed by atoms with Crippen molar-refractivity contribution >= 4 is 0 Å². The van der Waals surface area contributed by atoms with Gasteiger partial charge in [0.15, 0.2) is 0 Å². The summed E-state index contributed by atoms with van der Waals surface area (Å²) in [5.74, 6) is -0.840. The van der Waals surface area contributed by atoms with Gasteiger partial charge in [-0.25, -0.2) is 8.78 Å². The summed E-state index contributed by atoms with van der Waals surface area (Å²) >= 11 is 0. The Morgan fingerprint density at radius 3 is 2.33 bits per heavy atom. The minimum absolute atomic E-state index is 0.232. The zero-order valence-electron chi connectivity index (χ0n) is 10.4. The molecular formula is C15H15F2N. The zero-order chi connectivity index (χ0) is 13.3. The average Bonchev–Trinajstić information content (AvgIpc) is 2.34. The zero-order valence-corrected chi connectivity index (χ0v) is 10.4. The molecule has 1 unspecified atom stereocenters. The molecule has 0 aliphatic carbocycles. The highest BCUT2D eigenvalue weighted by Gasteiger charge is 2.14. The number of rotatable bonds is 2. The van der Waals surface area contributed by atoms with E-state index in [1.54, 1.807) is 19.1 Å². The van der Waals surface area contributed by atoms with Gasteiger partial charge >= 0.3 is 0 Å². The van der Waals surface area contributed by atoms with Crippen LogP contribution in [0.2, 0.25) is 0 Å². The van der Waals surface area contributed by atoms with Crippen LogP contribution in [0.4, 0.5) is 8.78 Å².